The molecule has 0 spiro atoms. The molecule has 2 aliphatic rings. The van der Waals surface area contributed by atoms with E-state index in [4.69, 9.17) is 4.98 Å². The maximum Gasteiger partial charge on any atom is 0.126 e. The zero-order valence-corrected chi connectivity index (χ0v) is 13.0. The van der Waals surface area contributed by atoms with Gasteiger partial charge in [-0.05, 0) is 61.5 Å². The van der Waals surface area contributed by atoms with Gasteiger partial charge in [0.15, 0.2) is 0 Å². The Bertz CT molecular complexity index is 458. The number of nitrogens with zero attached hydrogens (tertiary/aromatic N) is 1. The zero-order valence-electron chi connectivity index (χ0n) is 13.0. The van der Waals surface area contributed by atoms with Gasteiger partial charge in [0.2, 0.25) is 0 Å². The number of aryl methyl sites for hydroxylation is 2. The molecule has 0 saturated heterocycles. The number of hydrogen-bond donors (Lipinski definition) is 1. The Morgan fingerprint density at radius 2 is 1.95 bits per heavy atom. The standard InChI is InChI=1S/C18H28N2/c1-14(2)12-18(10-3-4-11-18)13-19-17-9-8-15-6-5-7-16(15)20-17/h8-9,14H,3-7,10-13H2,1-2H3,(H,19,20). The Morgan fingerprint density at radius 1 is 1.15 bits per heavy atom. The lowest BCUT2D eigenvalue weighted by atomic mass is 9.78. The summed E-state index contributed by atoms with van der Waals surface area (Å²) in [5.41, 5.74) is 3.32. The molecule has 1 N–H and O–H groups in total. The number of anilines is 1. The number of aromatic nitrogens is 1. The average Bonchev–Trinajstić information content (AvgIpc) is 3.04. The van der Waals surface area contributed by atoms with Crippen LogP contribution in [-0.4, -0.2) is 11.5 Å². The van der Waals surface area contributed by atoms with Crippen molar-refractivity contribution >= 4 is 5.82 Å². The van der Waals surface area contributed by atoms with Crippen molar-refractivity contribution in [2.75, 3.05) is 11.9 Å². The minimum absolute atomic E-state index is 0.523. The molecular formula is C18H28N2. The van der Waals surface area contributed by atoms with E-state index in [1.165, 1.54) is 62.6 Å². The van der Waals surface area contributed by atoms with Crippen LogP contribution in [0, 0.1) is 11.3 Å². The van der Waals surface area contributed by atoms with Crippen molar-refractivity contribution in [3.05, 3.63) is 23.4 Å². The number of fused-ring (bicyclic) bond motifs is 1. The average molecular weight is 272 g/mol. The van der Waals surface area contributed by atoms with Crippen LogP contribution in [0.1, 0.15) is 63.6 Å². The van der Waals surface area contributed by atoms with Crippen LogP contribution in [0.25, 0.3) is 0 Å². The molecule has 3 rings (SSSR count). The third-order valence-electron chi connectivity index (χ3n) is 5.08. The second kappa shape index (κ2) is 5.75. The van der Waals surface area contributed by atoms with Crippen LogP contribution >= 0.6 is 0 Å². The molecule has 1 fully saturated rings. The van der Waals surface area contributed by atoms with Gasteiger partial charge in [0.25, 0.3) is 0 Å². The van der Waals surface area contributed by atoms with Gasteiger partial charge in [-0.2, -0.15) is 0 Å². The van der Waals surface area contributed by atoms with Crippen molar-refractivity contribution in [1.29, 1.82) is 0 Å². The Kier molecular flexibility index (Phi) is 4.00. The molecule has 2 heteroatoms. The first kappa shape index (κ1) is 13.9. The minimum Gasteiger partial charge on any atom is -0.370 e. The van der Waals surface area contributed by atoms with E-state index < -0.39 is 0 Å². The summed E-state index contributed by atoms with van der Waals surface area (Å²) < 4.78 is 0. The van der Waals surface area contributed by atoms with Crippen LogP contribution < -0.4 is 5.32 Å². The smallest absolute Gasteiger partial charge is 0.126 e. The van der Waals surface area contributed by atoms with Crippen LogP contribution in [0.5, 0.6) is 0 Å². The van der Waals surface area contributed by atoms with Gasteiger partial charge in [0, 0.05) is 12.2 Å². The van der Waals surface area contributed by atoms with E-state index in [0.717, 1.165) is 18.3 Å². The van der Waals surface area contributed by atoms with Crippen LogP contribution in [0.4, 0.5) is 5.82 Å². The van der Waals surface area contributed by atoms with Gasteiger partial charge >= 0.3 is 0 Å². The third-order valence-corrected chi connectivity index (χ3v) is 5.08. The second-order valence-corrected chi connectivity index (χ2v) is 7.31. The van der Waals surface area contributed by atoms with Crippen molar-refractivity contribution in [2.24, 2.45) is 11.3 Å². The van der Waals surface area contributed by atoms with E-state index in [1.807, 2.05) is 0 Å². The van der Waals surface area contributed by atoms with Crippen molar-refractivity contribution in [2.45, 2.75) is 65.2 Å². The highest BCUT2D eigenvalue weighted by atomic mass is 15.0. The molecule has 0 radical (unpaired) electrons. The largest absolute Gasteiger partial charge is 0.370 e. The highest BCUT2D eigenvalue weighted by Crippen LogP contribution is 2.43. The Morgan fingerprint density at radius 3 is 2.70 bits per heavy atom. The van der Waals surface area contributed by atoms with E-state index in [2.05, 4.69) is 31.3 Å². The van der Waals surface area contributed by atoms with Gasteiger partial charge in [-0.3, -0.25) is 0 Å². The lowest BCUT2D eigenvalue weighted by Gasteiger charge is -2.31. The van der Waals surface area contributed by atoms with E-state index in [1.54, 1.807) is 0 Å². The summed E-state index contributed by atoms with van der Waals surface area (Å²) in [6, 6.07) is 4.46. The number of rotatable bonds is 5. The summed E-state index contributed by atoms with van der Waals surface area (Å²) in [7, 11) is 0. The monoisotopic (exact) mass is 272 g/mol. The highest BCUT2D eigenvalue weighted by Gasteiger charge is 2.34. The summed E-state index contributed by atoms with van der Waals surface area (Å²) in [5, 5.41) is 3.65. The van der Waals surface area contributed by atoms with Gasteiger partial charge in [0.05, 0.1) is 0 Å². The molecule has 1 aromatic rings. The summed E-state index contributed by atoms with van der Waals surface area (Å²) in [4.78, 5) is 4.81. The molecule has 0 amide bonds. The van der Waals surface area contributed by atoms with Gasteiger partial charge in [-0.15, -0.1) is 0 Å². The predicted octanol–water partition coefficient (Wildman–Crippen LogP) is 4.59. The SMILES string of the molecule is CC(C)CC1(CNc2ccc3c(n2)CCC3)CCCC1. The van der Waals surface area contributed by atoms with Crippen molar-refractivity contribution in [3.8, 4) is 0 Å². The van der Waals surface area contributed by atoms with Crippen molar-refractivity contribution in [1.82, 2.24) is 4.98 Å². The lowest BCUT2D eigenvalue weighted by molar-refractivity contribution is 0.252. The highest BCUT2D eigenvalue weighted by molar-refractivity contribution is 5.40. The molecule has 0 bridgehead atoms. The molecule has 2 aliphatic carbocycles. The fraction of sp³-hybridized carbons (Fsp3) is 0.722. The van der Waals surface area contributed by atoms with Gasteiger partial charge in [0.1, 0.15) is 5.82 Å². The molecular weight excluding hydrogens is 244 g/mol. The fourth-order valence-corrected chi connectivity index (χ4v) is 4.24. The first-order chi connectivity index (χ1) is 9.67. The molecule has 20 heavy (non-hydrogen) atoms. The van der Waals surface area contributed by atoms with Crippen LogP contribution in [-0.2, 0) is 12.8 Å². The van der Waals surface area contributed by atoms with E-state index >= 15 is 0 Å². The molecule has 110 valence electrons. The Hall–Kier alpha value is -1.05. The van der Waals surface area contributed by atoms with Crippen LogP contribution in [0.15, 0.2) is 12.1 Å². The molecule has 0 unspecified atom stereocenters. The van der Waals surface area contributed by atoms with Crippen molar-refractivity contribution < 1.29 is 0 Å². The van der Waals surface area contributed by atoms with Gasteiger partial charge in [-0.1, -0.05) is 32.8 Å². The maximum absolute atomic E-state index is 4.81. The molecule has 1 saturated carbocycles. The minimum atomic E-state index is 0.523. The fourth-order valence-electron chi connectivity index (χ4n) is 4.24. The topological polar surface area (TPSA) is 24.9 Å². The summed E-state index contributed by atoms with van der Waals surface area (Å²) in [6.07, 6.45) is 10.6. The predicted molar refractivity (Wildman–Crippen MR) is 85.1 cm³/mol. The molecule has 0 aliphatic heterocycles. The normalized spacial score (nSPS) is 20.4. The quantitative estimate of drug-likeness (QED) is 0.848. The molecule has 0 atom stereocenters. The Labute approximate surface area is 123 Å². The zero-order chi connectivity index (χ0) is 14.0. The number of hydrogen-bond acceptors (Lipinski definition) is 2. The molecule has 0 aromatic carbocycles. The molecule has 1 heterocycles. The Balaban J connectivity index is 1.65. The summed E-state index contributed by atoms with van der Waals surface area (Å²) >= 11 is 0. The first-order valence-corrected chi connectivity index (χ1v) is 8.40. The molecule has 2 nitrogen and oxygen atoms in total. The van der Waals surface area contributed by atoms with Gasteiger partial charge < -0.3 is 5.32 Å². The van der Waals surface area contributed by atoms with E-state index in [0.29, 0.717) is 5.41 Å². The second-order valence-electron chi connectivity index (χ2n) is 7.31. The maximum atomic E-state index is 4.81. The van der Waals surface area contributed by atoms with E-state index in [9.17, 15) is 0 Å². The summed E-state index contributed by atoms with van der Waals surface area (Å²) in [6.45, 7) is 5.82. The van der Waals surface area contributed by atoms with Crippen molar-refractivity contribution in [3.63, 3.8) is 0 Å². The molecule has 1 aromatic heterocycles. The lowest BCUT2D eigenvalue weighted by Crippen LogP contribution is -2.28. The summed E-state index contributed by atoms with van der Waals surface area (Å²) in [5.74, 6) is 1.89. The van der Waals surface area contributed by atoms with Gasteiger partial charge in [-0.25, -0.2) is 4.98 Å². The number of nitrogens with one attached hydrogen (secondary N) is 1. The third kappa shape index (κ3) is 2.99. The van der Waals surface area contributed by atoms with Crippen LogP contribution in [0.2, 0.25) is 0 Å². The van der Waals surface area contributed by atoms with Crippen LogP contribution in [0.3, 0.4) is 0 Å². The van der Waals surface area contributed by atoms with E-state index in [-0.39, 0.29) is 0 Å². The number of pyridine rings is 1. The first-order valence-electron chi connectivity index (χ1n) is 8.40.